The van der Waals surface area contributed by atoms with E-state index in [0.29, 0.717) is 42.2 Å². The van der Waals surface area contributed by atoms with Gasteiger partial charge in [0.05, 0.1) is 30.0 Å². The van der Waals surface area contributed by atoms with Crippen molar-refractivity contribution in [3.05, 3.63) is 71.5 Å². The van der Waals surface area contributed by atoms with E-state index in [1.165, 1.54) is 0 Å². The summed E-state index contributed by atoms with van der Waals surface area (Å²) in [6, 6.07) is 16.9. The van der Waals surface area contributed by atoms with E-state index < -0.39 is 5.91 Å². The van der Waals surface area contributed by atoms with Gasteiger partial charge in [0.25, 0.3) is 5.91 Å². The Morgan fingerprint density at radius 1 is 1.15 bits per heavy atom. The SMILES string of the molecule is CN=CCC(=O)N1CCc2nc3c(C(N)=O)c(-c4ccc(Oc5ccccc5)cc4)[nH]n3c2C1. The van der Waals surface area contributed by atoms with E-state index in [4.69, 9.17) is 15.5 Å². The maximum absolute atomic E-state index is 12.5. The molecule has 9 nitrogen and oxygen atoms in total. The molecule has 172 valence electrons. The first-order valence-electron chi connectivity index (χ1n) is 11.0. The van der Waals surface area contributed by atoms with Crippen LogP contribution in [-0.2, 0) is 17.8 Å². The maximum atomic E-state index is 12.5. The molecule has 0 saturated carbocycles. The van der Waals surface area contributed by atoms with Crippen molar-refractivity contribution >= 4 is 23.7 Å². The first-order chi connectivity index (χ1) is 16.5. The van der Waals surface area contributed by atoms with E-state index in [2.05, 4.69) is 10.1 Å². The number of nitrogens with one attached hydrogen (secondary N) is 1. The smallest absolute Gasteiger partial charge is 0.254 e. The number of carbonyl (C=O) groups is 2. The van der Waals surface area contributed by atoms with Gasteiger partial charge in [-0.05, 0) is 36.4 Å². The predicted molar refractivity (Wildman–Crippen MR) is 128 cm³/mol. The van der Waals surface area contributed by atoms with Crippen molar-refractivity contribution in [1.29, 1.82) is 0 Å². The fraction of sp³-hybridized carbons (Fsp3) is 0.200. The number of nitrogens with two attached hydrogens (primary N) is 1. The third-order valence-electron chi connectivity index (χ3n) is 5.88. The summed E-state index contributed by atoms with van der Waals surface area (Å²) in [6.07, 6.45) is 2.47. The van der Waals surface area contributed by atoms with E-state index in [1.54, 1.807) is 22.7 Å². The van der Waals surface area contributed by atoms with Crippen molar-refractivity contribution in [3.63, 3.8) is 0 Å². The number of hydrogen-bond donors (Lipinski definition) is 2. The lowest BCUT2D eigenvalue weighted by atomic mass is 10.1. The average Bonchev–Trinajstić information content (AvgIpc) is 3.39. The summed E-state index contributed by atoms with van der Waals surface area (Å²) in [5.41, 5.74) is 9.62. The number of para-hydroxylation sites is 1. The van der Waals surface area contributed by atoms with Gasteiger partial charge in [-0.2, -0.15) is 0 Å². The summed E-state index contributed by atoms with van der Waals surface area (Å²) in [7, 11) is 1.65. The second kappa shape index (κ2) is 8.86. The lowest BCUT2D eigenvalue weighted by Crippen LogP contribution is -2.36. The molecular formula is C25H24N6O3. The van der Waals surface area contributed by atoms with E-state index >= 15 is 0 Å². The molecule has 34 heavy (non-hydrogen) atoms. The lowest BCUT2D eigenvalue weighted by molar-refractivity contribution is -0.130. The van der Waals surface area contributed by atoms with Crippen LogP contribution in [0.25, 0.3) is 16.9 Å². The molecule has 0 unspecified atom stereocenters. The first-order valence-corrected chi connectivity index (χ1v) is 11.0. The zero-order valence-corrected chi connectivity index (χ0v) is 18.7. The van der Waals surface area contributed by atoms with Crippen molar-refractivity contribution in [2.24, 2.45) is 10.7 Å². The van der Waals surface area contributed by atoms with Gasteiger partial charge in [0.15, 0.2) is 5.65 Å². The van der Waals surface area contributed by atoms with Gasteiger partial charge in [-0.1, -0.05) is 18.2 Å². The minimum absolute atomic E-state index is 0.00195. The van der Waals surface area contributed by atoms with Crippen LogP contribution in [0.15, 0.2) is 59.6 Å². The number of primary amides is 1. The zero-order chi connectivity index (χ0) is 23.7. The Labute approximate surface area is 195 Å². The van der Waals surface area contributed by atoms with Crippen molar-refractivity contribution in [3.8, 4) is 22.8 Å². The Bertz CT molecular complexity index is 1390. The van der Waals surface area contributed by atoms with Crippen LogP contribution in [0, 0.1) is 0 Å². The molecule has 1 aliphatic rings. The highest BCUT2D eigenvalue weighted by Crippen LogP contribution is 2.31. The molecule has 0 radical (unpaired) electrons. The van der Waals surface area contributed by atoms with Gasteiger partial charge < -0.3 is 20.4 Å². The predicted octanol–water partition coefficient (Wildman–Crippen LogP) is 3.20. The molecule has 0 fully saturated rings. The number of benzene rings is 2. The molecule has 9 heteroatoms. The number of fused-ring (bicyclic) bond motifs is 3. The Kier molecular flexibility index (Phi) is 5.59. The van der Waals surface area contributed by atoms with Gasteiger partial charge in [-0.3, -0.25) is 14.7 Å². The summed E-state index contributed by atoms with van der Waals surface area (Å²) in [5.74, 6) is 0.846. The van der Waals surface area contributed by atoms with Gasteiger partial charge in [0.1, 0.15) is 17.1 Å². The minimum atomic E-state index is -0.569. The molecule has 0 spiro atoms. The Morgan fingerprint density at radius 3 is 2.59 bits per heavy atom. The molecule has 4 aromatic rings. The van der Waals surface area contributed by atoms with E-state index in [0.717, 1.165) is 22.7 Å². The topological polar surface area (TPSA) is 118 Å². The second-order valence-corrected chi connectivity index (χ2v) is 8.04. The summed E-state index contributed by atoms with van der Waals surface area (Å²) in [4.78, 5) is 35.3. The van der Waals surface area contributed by atoms with E-state index in [9.17, 15) is 9.59 Å². The molecule has 2 aromatic heterocycles. The second-order valence-electron chi connectivity index (χ2n) is 8.04. The van der Waals surface area contributed by atoms with Crippen LogP contribution in [0.5, 0.6) is 11.5 Å². The van der Waals surface area contributed by atoms with E-state index in [-0.39, 0.29) is 12.3 Å². The third-order valence-corrected chi connectivity index (χ3v) is 5.88. The van der Waals surface area contributed by atoms with Crippen LogP contribution in [-0.4, -0.2) is 51.1 Å². The summed E-state index contributed by atoms with van der Waals surface area (Å²) in [6.45, 7) is 0.972. The maximum Gasteiger partial charge on any atom is 0.254 e. The lowest BCUT2D eigenvalue weighted by Gasteiger charge is -2.26. The largest absolute Gasteiger partial charge is 0.457 e. The van der Waals surface area contributed by atoms with Crippen molar-refractivity contribution < 1.29 is 14.3 Å². The highest BCUT2D eigenvalue weighted by molar-refractivity contribution is 6.05. The summed E-state index contributed by atoms with van der Waals surface area (Å²) in [5, 5.41) is 3.29. The van der Waals surface area contributed by atoms with Crippen LogP contribution in [0.1, 0.15) is 28.2 Å². The molecule has 0 aliphatic carbocycles. The number of hydrogen-bond acceptors (Lipinski definition) is 5. The molecule has 2 aromatic carbocycles. The van der Waals surface area contributed by atoms with Crippen LogP contribution in [0.4, 0.5) is 0 Å². The number of aromatic nitrogens is 3. The van der Waals surface area contributed by atoms with Gasteiger partial charge in [-0.25, -0.2) is 9.50 Å². The fourth-order valence-corrected chi connectivity index (χ4v) is 4.20. The average molecular weight is 457 g/mol. The first kappa shape index (κ1) is 21.4. The number of aliphatic imine (C=N–C) groups is 1. The van der Waals surface area contributed by atoms with Gasteiger partial charge in [-0.15, -0.1) is 0 Å². The number of rotatable bonds is 6. The number of ether oxygens (including phenoxy) is 1. The molecule has 2 amide bonds. The monoisotopic (exact) mass is 456 g/mol. The molecule has 5 rings (SSSR count). The normalized spacial score (nSPS) is 13.4. The number of nitrogens with zero attached hydrogens (tertiary/aromatic N) is 4. The van der Waals surface area contributed by atoms with Gasteiger partial charge in [0.2, 0.25) is 5.91 Å². The molecule has 3 N–H and O–H groups in total. The Morgan fingerprint density at radius 2 is 1.88 bits per heavy atom. The van der Waals surface area contributed by atoms with E-state index in [1.807, 2.05) is 54.6 Å². The van der Waals surface area contributed by atoms with Gasteiger partial charge in [0, 0.05) is 31.8 Å². The van der Waals surface area contributed by atoms with Crippen LogP contribution < -0.4 is 10.5 Å². The Balaban J connectivity index is 1.48. The van der Waals surface area contributed by atoms with Crippen molar-refractivity contribution in [2.75, 3.05) is 13.6 Å². The van der Waals surface area contributed by atoms with Gasteiger partial charge >= 0.3 is 0 Å². The minimum Gasteiger partial charge on any atom is -0.457 e. The Hall–Kier alpha value is -4.40. The number of imidazole rings is 1. The quantitative estimate of drug-likeness (QED) is 0.433. The number of aromatic amines is 1. The molecule has 0 saturated heterocycles. The third kappa shape index (κ3) is 3.92. The van der Waals surface area contributed by atoms with Crippen molar-refractivity contribution in [2.45, 2.75) is 19.4 Å². The highest BCUT2D eigenvalue weighted by atomic mass is 16.5. The number of H-pyrrole nitrogens is 1. The van der Waals surface area contributed by atoms with Crippen LogP contribution in [0.2, 0.25) is 0 Å². The standard InChI is InChI=1S/C25H24N6O3/c1-27-13-11-21(32)30-14-12-19-20(15-30)31-25(28-19)22(24(26)33)23(29-31)16-7-9-18(10-8-16)34-17-5-3-2-4-6-17/h2-10,13,29H,11-12,14-15H2,1H3,(H2,26,33). The molecule has 1 aliphatic heterocycles. The fourth-order valence-electron chi connectivity index (χ4n) is 4.20. The zero-order valence-electron chi connectivity index (χ0n) is 18.7. The number of carbonyl (C=O) groups excluding carboxylic acids is 2. The number of amides is 2. The molecular weight excluding hydrogens is 432 g/mol. The molecule has 3 heterocycles. The summed E-state index contributed by atoms with van der Waals surface area (Å²) < 4.78 is 7.63. The summed E-state index contributed by atoms with van der Waals surface area (Å²) >= 11 is 0. The van der Waals surface area contributed by atoms with Crippen LogP contribution in [0.3, 0.4) is 0 Å². The molecule has 0 bridgehead atoms. The highest BCUT2D eigenvalue weighted by Gasteiger charge is 2.29. The van der Waals surface area contributed by atoms with Crippen molar-refractivity contribution in [1.82, 2.24) is 19.5 Å². The molecule has 0 atom stereocenters. The van der Waals surface area contributed by atoms with Crippen LogP contribution >= 0.6 is 0 Å².